The quantitative estimate of drug-likeness (QED) is 0.0151. The average Bonchev–Trinajstić information content (AvgIpc) is 3.01. The van der Waals surface area contributed by atoms with Crippen molar-refractivity contribution in [2.45, 2.75) is 91.6 Å². The highest BCUT2D eigenvalue weighted by Crippen LogP contribution is 2.44. The number of thioether (sulfide) groups is 1. The number of hydrogen-bond acceptors (Lipinski definition) is 13. The molecule has 4 N–H and O–H groups in total. The Kier molecular flexibility index (Phi) is 23.7. The lowest BCUT2D eigenvalue weighted by atomic mass is 9.99. The third-order valence-corrected chi connectivity index (χ3v) is 18.6. The highest BCUT2D eigenvalue weighted by molar-refractivity contribution is 8.00. The van der Waals surface area contributed by atoms with Crippen molar-refractivity contribution in [3.05, 3.63) is 132 Å². The zero-order valence-electron chi connectivity index (χ0n) is 46.2. The zero-order chi connectivity index (χ0) is 59.2. The minimum absolute atomic E-state index is 0.0396. The van der Waals surface area contributed by atoms with E-state index in [1.165, 1.54) is 30.0 Å². The highest BCUT2D eigenvalue weighted by atomic mass is 35.5. The molecule has 81 heavy (non-hydrogen) atoms. The Morgan fingerprint density at radius 1 is 0.852 bits per heavy atom. The van der Waals surface area contributed by atoms with Gasteiger partial charge in [0.05, 0.1) is 27.1 Å². The minimum atomic E-state index is -5.63. The molecule has 2 aliphatic heterocycles. The molecule has 1 aromatic heterocycles. The summed E-state index contributed by atoms with van der Waals surface area (Å²) in [5.41, 5.74) is 0.757. The molecule has 2 saturated heterocycles. The number of likely N-dealkylation sites (tertiary alicyclic amines) is 1. The maximum absolute atomic E-state index is 15.6. The van der Waals surface area contributed by atoms with Crippen LogP contribution < -0.4 is 19.8 Å². The number of ether oxygens (including phenoxy) is 1. The summed E-state index contributed by atoms with van der Waals surface area (Å²) in [7, 11) is -11.3. The highest BCUT2D eigenvalue weighted by Gasteiger charge is 2.48. The summed E-state index contributed by atoms with van der Waals surface area (Å²) in [4.78, 5) is 36.1. The molecule has 0 aliphatic carbocycles. The van der Waals surface area contributed by atoms with Crippen LogP contribution in [0.15, 0.2) is 135 Å². The summed E-state index contributed by atoms with van der Waals surface area (Å²) in [6.07, 6.45) is 2.12. The second kappa shape index (κ2) is 29.5. The van der Waals surface area contributed by atoms with E-state index < -0.39 is 56.6 Å². The first-order chi connectivity index (χ1) is 38.4. The molecular weight excluding hydrogens is 1170 g/mol. The van der Waals surface area contributed by atoms with Crippen LogP contribution in [0.4, 0.5) is 40.3 Å². The molecule has 0 amide bonds. The summed E-state index contributed by atoms with van der Waals surface area (Å²) in [6, 6.07) is 33.6. The number of halogens is 5. The molecule has 2 aliphatic rings. The first kappa shape index (κ1) is 65.1. The van der Waals surface area contributed by atoms with Gasteiger partial charge in [0.2, 0.25) is 0 Å². The van der Waals surface area contributed by atoms with Crippen molar-refractivity contribution in [1.82, 2.24) is 9.47 Å². The van der Waals surface area contributed by atoms with Crippen molar-refractivity contribution in [3.63, 3.8) is 0 Å². The monoisotopic (exact) mass is 1240 g/mol. The number of nitrogens with one attached hydrogen (secondary N) is 2. The SMILES string of the molecule is CC.CCN1CCC(OC(=O)CP(=O)(O)O)CC1.Cc1c(S(C)=O)c(-c2cc(F)cc(N3CCN(c4ccc(NSc5ccc(NCCSc6ccccc6)c(S(=O)(=O)C(F)(F)F)c5)cc4)CC3)c2)c(-c2ccc(Cl)cc2)n1C(C)C. The van der Waals surface area contributed by atoms with Gasteiger partial charge < -0.3 is 43.8 Å². The lowest BCUT2D eigenvalue weighted by molar-refractivity contribution is -0.148. The molecule has 1 unspecified atom stereocenters. The third kappa shape index (κ3) is 17.7. The van der Waals surface area contributed by atoms with Gasteiger partial charge in [-0.25, -0.2) is 12.8 Å². The fraction of sp³-hybridized carbons (Fsp3) is 0.386. The number of carbonyl (C=O) groups is 1. The Labute approximate surface area is 489 Å². The number of sulfone groups is 1. The molecule has 5 aromatic carbocycles. The number of carbonyl (C=O) groups excluding carboxylic acids is 1. The van der Waals surface area contributed by atoms with Crippen molar-refractivity contribution in [2.75, 3.05) is 90.4 Å². The number of esters is 1. The number of alkyl halides is 3. The van der Waals surface area contributed by atoms with Crippen LogP contribution in [0.3, 0.4) is 0 Å². The molecule has 3 heterocycles. The van der Waals surface area contributed by atoms with E-state index in [4.69, 9.17) is 26.1 Å². The fourth-order valence-corrected chi connectivity index (χ4v) is 13.6. The van der Waals surface area contributed by atoms with Crippen LogP contribution >= 0.6 is 42.9 Å². The molecule has 1 atom stereocenters. The standard InChI is InChI=1S/C46H46ClF4N5O3S4.C9H18NO5P.C2H6/c1-30(2)56-31(3)45(62(4)57)43(44(56)32-10-12-34(47)13-11-32)33-26-35(48)28-38(27-33)55-23-21-54(22-24-55)37-16-14-36(15-17-37)53-61-40-18-19-41(42(29-40)63(58,59)46(49,50)51)52-20-25-60-39-8-6-5-7-9-39;1-2-10-5-3-8(4-6-10)15-9(11)7-16(12,13)14;1-2/h5-19,26-30,52-53H,20-25H2,1-4H3;8H,2-7H2,1H3,(H2,12,13,14);1-2H3. The van der Waals surface area contributed by atoms with Gasteiger partial charge >= 0.3 is 19.1 Å². The smallest absolute Gasteiger partial charge is 0.462 e. The number of piperazine rings is 1. The predicted molar refractivity (Wildman–Crippen MR) is 323 cm³/mol. The first-order valence-electron chi connectivity index (χ1n) is 26.4. The van der Waals surface area contributed by atoms with Crippen LogP contribution in [0.25, 0.3) is 22.4 Å². The zero-order valence-corrected chi connectivity index (χ0v) is 51.1. The largest absolute Gasteiger partial charge is 0.501 e. The second-order valence-corrected chi connectivity index (χ2v) is 26.5. The number of aromatic nitrogens is 1. The van der Waals surface area contributed by atoms with Gasteiger partial charge in [-0.15, -0.1) is 11.8 Å². The van der Waals surface area contributed by atoms with E-state index >= 15 is 4.39 Å². The van der Waals surface area contributed by atoms with Crippen molar-refractivity contribution in [1.29, 1.82) is 0 Å². The van der Waals surface area contributed by atoms with Crippen LogP contribution in [0.2, 0.25) is 5.02 Å². The van der Waals surface area contributed by atoms with E-state index in [0.717, 1.165) is 89.3 Å². The molecule has 2 fully saturated rings. The summed E-state index contributed by atoms with van der Waals surface area (Å²) in [6.45, 7) is 17.7. The Bertz CT molecular complexity index is 3230. The number of benzene rings is 5. The van der Waals surface area contributed by atoms with Crippen molar-refractivity contribution < 1.29 is 54.1 Å². The van der Waals surface area contributed by atoms with E-state index in [1.54, 1.807) is 12.3 Å². The normalized spacial score (nSPS) is 14.9. The summed E-state index contributed by atoms with van der Waals surface area (Å²) in [5, 5.41) is 3.47. The number of nitrogens with zero attached hydrogens (tertiary/aromatic N) is 4. The number of anilines is 4. The summed E-state index contributed by atoms with van der Waals surface area (Å²) < 4.78 is 116. The van der Waals surface area contributed by atoms with Crippen LogP contribution in [0, 0.1) is 12.7 Å². The topological polar surface area (TPSA) is 174 Å². The van der Waals surface area contributed by atoms with E-state index in [0.29, 0.717) is 53.1 Å². The third-order valence-electron chi connectivity index (χ3n) is 13.2. The van der Waals surface area contributed by atoms with Crippen LogP contribution in [0.1, 0.15) is 59.2 Å². The minimum Gasteiger partial charge on any atom is -0.462 e. The maximum Gasteiger partial charge on any atom is 0.501 e. The molecule has 440 valence electrons. The Morgan fingerprint density at radius 2 is 1.47 bits per heavy atom. The lowest BCUT2D eigenvalue weighted by Crippen LogP contribution is -2.46. The van der Waals surface area contributed by atoms with Crippen LogP contribution in [-0.2, 0) is 34.7 Å². The first-order valence-corrected chi connectivity index (χ1v) is 33.5. The number of piperidine rings is 1. The van der Waals surface area contributed by atoms with Crippen molar-refractivity contribution in [2.24, 2.45) is 0 Å². The van der Waals surface area contributed by atoms with Gasteiger partial charge in [0.1, 0.15) is 23.0 Å². The van der Waals surface area contributed by atoms with Crippen molar-refractivity contribution >= 4 is 92.3 Å². The number of hydrogen-bond donors (Lipinski definition) is 4. The van der Waals surface area contributed by atoms with Crippen LogP contribution in [0.5, 0.6) is 0 Å². The molecule has 6 aromatic rings. The van der Waals surface area contributed by atoms with E-state index in [-0.39, 0.29) is 29.3 Å². The van der Waals surface area contributed by atoms with E-state index in [9.17, 15) is 35.2 Å². The second-order valence-electron chi connectivity index (χ2n) is 19.1. The van der Waals surface area contributed by atoms with Gasteiger partial charge in [0.15, 0.2) is 0 Å². The lowest BCUT2D eigenvalue weighted by Gasteiger charge is -2.37. The van der Waals surface area contributed by atoms with Crippen molar-refractivity contribution in [3.8, 4) is 22.4 Å². The Balaban J connectivity index is 0.000000503. The number of rotatable bonds is 19. The average molecular weight is 1240 g/mol. The van der Waals surface area contributed by atoms with E-state index in [2.05, 4.69) is 50.1 Å². The van der Waals surface area contributed by atoms with Gasteiger partial charge in [0, 0.05) is 107 Å². The van der Waals surface area contributed by atoms with Crippen LogP contribution in [-0.4, -0.2) is 120 Å². The molecule has 24 heteroatoms. The fourth-order valence-electron chi connectivity index (χ4n) is 9.49. The summed E-state index contributed by atoms with van der Waals surface area (Å²) >= 11 is 8.77. The predicted octanol–water partition coefficient (Wildman–Crippen LogP) is 13.4. The van der Waals surface area contributed by atoms with Gasteiger partial charge in [0.25, 0.3) is 9.84 Å². The molecule has 0 spiro atoms. The summed E-state index contributed by atoms with van der Waals surface area (Å²) in [5.74, 6) is -0.683. The van der Waals surface area contributed by atoms with Gasteiger partial charge in [-0.05, 0) is 148 Å². The van der Waals surface area contributed by atoms with Gasteiger partial charge in [-0.2, -0.15) is 13.2 Å². The molecule has 0 bridgehead atoms. The molecule has 0 saturated carbocycles. The van der Waals surface area contributed by atoms with E-state index in [1.807, 2.05) is 106 Å². The maximum atomic E-state index is 15.6. The molecular formula is C57H70ClF4N6O8PS4. The molecule has 0 radical (unpaired) electrons. The van der Waals surface area contributed by atoms with Gasteiger partial charge in [-0.1, -0.05) is 62.7 Å². The molecule has 8 rings (SSSR count). The Morgan fingerprint density at radius 3 is 2.04 bits per heavy atom. The molecule has 14 nitrogen and oxygen atoms in total. The van der Waals surface area contributed by atoms with Gasteiger partial charge in [-0.3, -0.25) is 13.6 Å². The Hall–Kier alpha value is -5.03.